The summed E-state index contributed by atoms with van der Waals surface area (Å²) in [5.74, 6) is 0.423. The Bertz CT molecular complexity index is 2000. The molecule has 0 saturated carbocycles. The zero-order chi connectivity index (χ0) is 36.2. The van der Waals surface area contributed by atoms with E-state index >= 15 is 0 Å². The van der Waals surface area contributed by atoms with E-state index in [2.05, 4.69) is 148 Å². The summed E-state index contributed by atoms with van der Waals surface area (Å²) in [6.07, 6.45) is 9.87. The summed E-state index contributed by atoms with van der Waals surface area (Å²) < 4.78 is 4.81. The van der Waals surface area contributed by atoms with Gasteiger partial charge in [-0.15, -0.1) is 0 Å². The molecule has 0 aromatic heterocycles. The van der Waals surface area contributed by atoms with Crippen LogP contribution in [-0.2, 0) is 38.5 Å². The van der Waals surface area contributed by atoms with Crippen molar-refractivity contribution in [2.75, 3.05) is 0 Å². The Morgan fingerprint density at radius 1 is 0.712 bits per heavy atom. The minimum absolute atomic E-state index is 0. The van der Waals surface area contributed by atoms with Crippen LogP contribution < -0.4 is 28.1 Å². The topological polar surface area (TPSA) is 0 Å². The summed E-state index contributed by atoms with van der Waals surface area (Å²) in [6.45, 7) is 23.7. The van der Waals surface area contributed by atoms with Crippen LogP contribution in [0.4, 0.5) is 0 Å². The van der Waals surface area contributed by atoms with E-state index in [1.165, 1.54) is 67.0 Å². The maximum absolute atomic E-state index is 6.87. The first kappa shape index (κ1) is 43.0. The Morgan fingerprint density at radius 3 is 1.83 bits per heavy atom. The van der Waals surface area contributed by atoms with Crippen molar-refractivity contribution in [3.63, 3.8) is 0 Å². The second-order valence-electron chi connectivity index (χ2n) is 17.6. The second kappa shape index (κ2) is 16.6. The molecule has 0 spiro atoms. The second-order valence-corrected chi connectivity index (χ2v) is 24.1. The number of hydrogen-bond donors (Lipinski definition) is 0. The Morgan fingerprint density at radius 2 is 1.31 bits per heavy atom. The van der Waals surface area contributed by atoms with Crippen LogP contribution in [0.3, 0.4) is 0 Å². The largest absolute Gasteiger partial charge is 1.00 e. The Labute approximate surface area is 344 Å². The summed E-state index contributed by atoms with van der Waals surface area (Å²) in [5, 5.41) is 1.55. The van der Waals surface area contributed by atoms with Gasteiger partial charge in [-0.05, 0) is 0 Å². The van der Waals surface area contributed by atoms with Gasteiger partial charge < -0.3 is 24.8 Å². The summed E-state index contributed by atoms with van der Waals surface area (Å²) in [4.78, 5) is 0. The van der Waals surface area contributed by atoms with Gasteiger partial charge in [0.2, 0.25) is 0 Å². The van der Waals surface area contributed by atoms with Gasteiger partial charge in [-0.2, -0.15) is 0 Å². The molecule has 5 heteroatoms. The zero-order valence-electron chi connectivity index (χ0n) is 32.6. The van der Waals surface area contributed by atoms with Gasteiger partial charge in [0.1, 0.15) is 0 Å². The van der Waals surface area contributed by atoms with Crippen LogP contribution in [0.15, 0.2) is 99.9 Å². The minimum atomic E-state index is -3.14. The van der Waals surface area contributed by atoms with Crippen LogP contribution >= 0.6 is 23.2 Å². The fourth-order valence-corrected chi connectivity index (χ4v) is 17.7. The van der Waals surface area contributed by atoms with E-state index in [-0.39, 0.29) is 41.1 Å². The van der Waals surface area contributed by atoms with Gasteiger partial charge in [0, 0.05) is 0 Å². The quantitative estimate of drug-likeness (QED) is 0.161. The van der Waals surface area contributed by atoms with Crippen molar-refractivity contribution in [2.45, 2.75) is 106 Å². The van der Waals surface area contributed by atoms with E-state index in [1.54, 1.807) is 12.1 Å². The summed E-state index contributed by atoms with van der Waals surface area (Å²) >= 11 is 10.6. The monoisotopic (exact) mass is 848 g/mol. The van der Waals surface area contributed by atoms with Crippen LogP contribution in [0.25, 0.3) is 11.1 Å². The number of hydrogen-bond acceptors (Lipinski definition) is 0. The van der Waals surface area contributed by atoms with Gasteiger partial charge in [-0.1, -0.05) is 0 Å². The molecule has 4 aromatic carbocycles. The standard InChI is InChI=1S/C21H25.C13H8Cl2.C13H21.2ClH.Zr/c1-20(2,3)16-7-9-18-14(12-16)11-15-13-17(21(4,5)6)8-10-19(15)18;14-12-5-1-3-10(8-12)7-11-4-2-6-13(15)9-11;1-5-6-7-11-8-9-12(10-11)13(2,3)4;;;/h7-10,12H,11H2,1-6H3;1-6,8-9H;9-11H,5-7H2,1-4H3;2*1H;/q;;;;;+2/p-2. The fourth-order valence-electron chi connectivity index (χ4n) is 7.83. The van der Waals surface area contributed by atoms with Crippen molar-refractivity contribution in [3.05, 3.63) is 143 Å². The molecule has 52 heavy (non-hydrogen) atoms. The minimum Gasteiger partial charge on any atom is -1.00 e. The molecule has 1 atom stereocenters. The molecule has 0 amide bonds. The van der Waals surface area contributed by atoms with Crippen molar-refractivity contribution < 1.29 is 46.1 Å². The number of halogens is 4. The molecule has 0 aliphatic heterocycles. The normalized spacial score (nSPS) is 15.0. The molecule has 2 aliphatic carbocycles. The van der Waals surface area contributed by atoms with Crippen LogP contribution in [-0.4, -0.2) is 3.21 Å². The molecule has 6 rings (SSSR count). The van der Waals surface area contributed by atoms with Crippen LogP contribution in [0, 0.1) is 11.3 Å². The molecule has 274 valence electrons. The summed E-state index contributed by atoms with van der Waals surface area (Å²) in [5.41, 5.74) is 12.8. The first-order chi connectivity index (χ1) is 23.5. The maximum atomic E-state index is 6.87. The predicted octanol–water partition coefficient (Wildman–Crippen LogP) is 7.36. The molecule has 0 bridgehead atoms. The number of fused-ring (bicyclic) bond motifs is 3. The molecule has 0 nitrogen and oxygen atoms in total. The zero-order valence-corrected chi connectivity index (χ0v) is 38.1. The van der Waals surface area contributed by atoms with Crippen molar-refractivity contribution in [2.24, 2.45) is 11.3 Å². The molecule has 4 aromatic rings. The first-order valence-corrected chi connectivity index (χ1v) is 22.9. The predicted molar refractivity (Wildman–Crippen MR) is 216 cm³/mol. The summed E-state index contributed by atoms with van der Waals surface area (Å²) in [7, 11) is 0. The van der Waals surface area contributed by atoms with Gasteiger partial charge in [0.15, 0.2) is 0 Å². The van der Waals surface area contributed by atoms with E-state index in [1.807, 2.05) is 12.1 Å². The molecule has 0 heterocycles. The Hall–Kier alpha value is -1.73. The first-order valence-electron chi connectivity index (χ1n) is 18.5. The molecule has 0 fully saturated rings. The van der Waals surface area contributed by atoms with E-state index < -0.39 is 21.3 Å². The number of benzene rings is 4. The van der Waals surface area contributed by atoms with E-state index in [0.29, 0.717) is 5.92 Å². The van der Waals surface area contributed by atoms with Gasteiger partial charge >= 0.3 is 322 Å². The Balaban J connectivity index is 0.00000302. The third kappa shape index (κ3) is 8.87. The molecule has 2 aliphatic rings. The number of unbranched alkanes of at least 4 members (excludes halogenated alkanes) is 1. The average Bonchev–Trinajstić information content (AvgIpc) is 3.63. The van der Waals surface area contributed by atoms with Crippen molar-refractivity contribution in [3.8, 4) is 11.1 Å². The number of allylic oxidation sites excluding steroid dienone is 4. The SMILES string of the molecule is CCCCC1C=C(C(C)(C)C)C=[C]1[Zr+2](=[C](c1cccc(Cl)c1)c1cccc(Cl)c1)[c]1c(C(C)(C)C)ccc2c1Cc1cc(C(C)(C)C)ccc1-2.[Cl-].[Cl-]. The van der Waals surface area contributed by atoms with Crippen LogP contribution in [0.2, 0.25) is 10.0 Å². The summed E-state index contributed by atoms with van der Waals surface area (Å²) in [6, 6.07) is 29.5. The van der Waals surface area contributed by atoms with E-state index in [0.717, 1.165) is 16.5 Å². The van der Waals surface area contributed by atoms with Crippen molar-refractivity contribution in [1.82, 2.24) is 0 Å². The third-order valence-electron chi connectivity index (χ3n) is 10.6. The van der Waals surface area contributed by atoms with E-state index in [4.69, 9.17) is 23.2 Å². The molecule has 1 unspecified atom stereocenters. The van der Waals surface area contributed by atoms with Gasteiger partial charge in [-0.25, -0.2) is 0 Å². The maximum Gasteiger partial charge on any atom is -1.00 e. The smallest absolute Gasteiger partial charge is 1.00 e. The van der Waals surface area contributed by atoms with Crippen molar-refractivity contribution in [1.29, 1.82) is 0 Å². The fraction of sp³-hybridized carbons (Fsp3) is 0.383. The Kier molecular flexibility index (Phi) is 13.7. The van der Waals surface area contributed by atoms with Crippen LogP contribution in [0.5, 0.6) is 0 Å². The van der Waals surface area contributed by atoms with Gasteiger partial charge in [0.05, 0.1) is 0 Å². The average molecular weight is 852 g/mol. The molecular weight excluding hydrogens is 798 g/mol. The number of rotatable bonds is 7. The van der Waals surface area contributed by atoms with E-state index in [9.17, 15) is 0 Å². The molecule has 0 saturated heterocycles. The molecular formula is C47H54Cl4Zr. The van der Waals surface area contributed by atoms with Gasteiger partial charge in [0.25, 0.3) is 0 Å². The third-order valence-corrected chi connectivity index (χ3v) is 19.0. The molecule has 0 N–H and O–H groups in total. The molecule has 0 radical (unpaired) electrons. The van der Waals surface area contributed by atoms with Gasteiger partial charge in [-0.3, -0.25) is 0 Å². The van der Waals surface area contributed by atoms with Crippen molar-refractivity contribution >= 4 is 29.7 Å². The van der Waals surface area contributed by atoms with Crippen LogP contribution in [0.1, 0.15) is 122 Å².